The Hall–Kier alpha value is -4.01. The fraction of sp³-hybridized carbons (Fsp3) is 0.182. The Morgan fingerprint density at radius 3 is 2.81 bits per heavy atom. The molecule has 0 unspecified atom stereocenters. The van der Waals surface area contributed by atoms with E-state index in [1.165, 1.54) is 12.1 Å². The smallest absolute Gasteiger partial charge is 0.265 e. The molecule has 0 aliphatic carbocycles. The van der Waals surface area contributed by atoms with Crippen LogP contribution in [-0.4, -0.2) is 34.7 Å². The average molecular weight is 422 g/mol. The fourth-order valence-electron chi connectivity index (χ4n) is 3.09. The molecule has 0 bridgehead atoms. The summed E-state index contributed by atoms with van der Waals surface area (Å²) in [5.74, 6) is 0.439. The minimum absolute atomic E-state index is 0.135. The highest BCUT2D eigenvalue weighted by Gasteiger charge is 2.20. The van der Waals surface area contributed by atoms with Crippen molar-refractivity contribution < 1.29 is 23.2 Å². The molecule has 0 spiro atoms. The summed E-state index contributed by atoms with van der Waals surface area (Å²) in [4.78, 5) is 20.8. The van der Waals surface area contributed by atoms with Gasteiger partial charge in [-0.1, -0.05) is 35.5 Å². The van der Waals surface area contributed by atoms with Gasteiger partial charge in [0.05, 0.1) is 7.11 Å². The summed E-state index contributed by atoms with van der Waals surface area (Å²) in [5, 5.41) is 7.14. The fourth-order valence-corrected chi connectivity index (χ4v) is 3.09. The molecule has 0 atom stereocenters. The first kappa shape index (κ1) is 20.3. The quantitative estimate of drug-likeness (QED) is 0.487. The molecule has 0 fully saturated rings. The van der Waals surface area contributed by atoms with Crippen LogP contribution in [0.15, 0.2) is 53.1 Å². The first-order chi connectivity index (χ1) is 15.0. The number of hydrogen-bond donors (Lipinski definition) is 1. The number of amides is 1. The number of halogens is 1. The van der Waals surface area contributed by atoms with Crippen molar-refractivity contribution in [1.82, 2.24) is 20.4 Å². The van der Waals surface area contributed by atoms with Crippen LogP contribution in [0, 0.1) is 12.7 Å². The summed E-state index contributed by atoms with van der Waals surface area (Å²) in [6.45, 7) is 1.67. The molecule has 0 aliphatic rings. The Morgan fingerprint density at radius 1 is 1.16 bits per heavy atom. The number of aromatic nitrogens is 3. The third-order valence-corrected chi connectivity index (χ3v) is 4.52. The van der Waals surface area contributed by atoms with Crippen LogP contribution < -0.4 is 14.8 Å². The Balaban J connectivity index is 1.53. The molecule has 1 N–H and O–H groups in total. The highest BCUT2D eigenvalue weighted by molar-refractivity contribution is 5.93. The van der Waals surface area contributed by atoms with Gasteiger partial charge in [0.25, 0.3) is 11.6 Å². The molecular weight excluding hydrogens is 403 g/mol. The number of carbonyl (C=O) groups excluding carboxylic acids is 1. The number of methoxy groups -OCH3 is 1. The molecule has 8 nitrogen and oxygen atoms in total. The zero-order chi connectivity index (χ0) is 21.8. The van der Waals surface area contributed by atoms with Gasteiger partial charge in [0.15, 0.2) is 6.61 Å². The SMILES string of the molecule is COc1ccccc1CNC(=O)COc1nc(C)nc2onc(-c3cccc(F)c3)c12. The second-order valence-electron chi connectivity index (χ2n) is 6.67. The van der Waals surface area contributed by atoms with Crippen LogP contribution in [-0.2, 0) is 11.3 Å². The maximum absolute atomic E-state index is 13.7. The van der Waals surface area contributed by atoms with Gasteiger partial charge >= 0.3 is 0 Å². The van der Waals surface area contributed by atoms with Gasteiger partial charge < -0.3 is 19.3 Å². The van der Waals surface area contributed by atoms with Crippen LogP contribution in [0.2, 0.25) is 0 Å². The van der Waals surface area contributed by atoms with Crippen molar-refractivity contribution in [3.8, 4) is 22.9 Å². The van der Waals surface area contributed by atoms with Gasteiger partial charge in [0.1, 0.15) is 28.5 Å². The molecule has 2 aromatic heterocycles. The van der Waals surface area contributed by atoms with Crippen molar-refractivity contribution in [2.75, 3.05) is 13.7 Å². The number of aryl methyl sites for hydroxylation is 1. The molecule has 0 aliphatic heterocycles. The summed E-state index contributed by atoms with van der Waals surface area (Å²) in [7, 11) is 1.57. The second kappa shape index (κ2) is 8.78. The van der Waals surface area contributed by atoms with Crippen LogP contribution in [0.25, 0.3) is 22.4 Å². The Labute approximate surface area is 177 Å². The molecular formula is C22H19FN4O4. The van der Waals surface area contributed by atoms with E-state index in [4.69, 9.17) is 14.0 Å². The van der Waals surface area contributed by atoms with Crippen LogP contribution in [0.3, 0.4) is 0 Å². The molecule has 4 rings (SSSR count). The lowest BCUT2D eigenvalue weighted by Crippen LogP contribution is -2.28. The van der Waals surface area contributed by atoms with Crippen LogP contribution in [0.4, 0.5) is 4.39 Å². The lowest BCUT2D eigenvalue weighted by molar-refractivity contribution is -0.123. The van der Waals surface area contributed by atoms with Crippen LogP contribution in [0.5, 0.6) is 11.6 Å². The van der Waals surface area contributed by atoms with E-state index in [1.807, 2.05) is 24.3 Å². The van der Waals surface area contributed by atoms with Gasteiger partial charge in [-0.3, -0.25) is 4.79 Å². The van der Waals surface area contributed by atoms with Gasteiger partial charge in [-0.15, -0.1) is 0 Å². The summed E-state index contributed by atoms with van der Waals surface area (Å²) >= 11 is 0. The maximum Gasteiger partial charge on any atom is 0.265 e. The summed E-state index contributed by atoms with van der Waals surface area (Å²) in [6, 6.07) is 13.3. The third-order valence-electron chi connectivity index (χ3n) is 4.52. The Bertz CT molecular complexity index is 1240. The van der Waals surface area contributed by atoms with Crippen molar-refractivity contribution >= 4 is 17.0 Å². The number of nitrogens with one attached hydrogen (secondary N) is 1. The monoisotopic (exact) mass is 422 g/mol. The molecule has 2 heterocycles. The predicted molar refractivity (Wildman–Crippen MR) is 110 cm³/mol. The van der Waals surface area contributed by atoms with Gasteiger partial charge in [0, 0.05) is 17.7 Å². The van der Waals surface area contributed by atoms with Crippen LogP contribution in [0.1, 0.15) is 11.4 Å². The largest absolute Gasteiger partial charge is 0.496 e. The molecule has 1 amide bonds. The maximum atomic E-state index is 13.7. The second-order valence-corrected chi connectivity index (χ2v) is 6.67. The lowest BCUT2D eigenvalue weighted by atomic mass is 10.1. The number of ether oxygens (including phenoxy) is 2. The first-order valence-corrected chi connectivity index (χ1v) is 9.46. The van der Waals surface area contributed by atoms with Gasteiger partial charge in [0.2, 0.25) is 5.88 Å². The minimum atomic E-state index is -0.417. The molecule has 4 aromatic rings. The standard InChI is InChI=1S/C22H19FN4O4/c1-13-25-21(30-12-18(28)24-11-15-6-3-4-9-17(15)29-2)19-20(27-31-22(19)26-13)14-7-5-8-16(23)10-14/h3-10H,11-12H2,1-2H3,(H,24,28). The Morgan fingerprint density at radius 2 is 2.00 bits per heavy atom. The lowest BCUT2D eigenvalue weighted by Gasteiger charge is -2.10. The van der Waals surface area contributed by atoms with Gasteiger partial charge in [-0.2, -0.15) is 9.97 Å². The molecule has 158 valence electrons. The van der Waals surface area contributed by atoms with E-state index in [0.717, 1.165) is 5.56 Å². The number of hydrogen-bond acceptors (Lipinski definition) is 7. The van der Waals surface area contributed by atoms with Crippen LogP contribution >= 0.6 is 0 Å². The predicted octanol–water partition coefficient (Wildman–Crippen LogP) is 3.44. The van der Waals surface area contributed by atoms with E-state index in [0.29, 0.717) is 28.2 Å². The number of benzene rings is 2. The van der Waals surface area contributed by atoms with Crippen molar-refractivity contribution in [1.29, 1.82) is 0 Å². The summed E-state index contributed by atoms with van der Waals surface area (Å²) in [6.07, 6.45) is 0. The van der Waals surface area contributed by atoms with E-state index in [1.54, 1.807) is 26.2 Å². The van der Waals surface area contributed by atoms with E-state index >= 15 is 0 Å². The third kappa shape index (κ3) is 4.45. The molecule has 0 saturated carbocycles. The summed E-state index contributed by atoms with van der Waals surface area (Å²) < 4.78 is 29.9. The Kier molecular flexibility index (Phi) is 5.74. The number of nitrogens with zero attached hydrogens (tertiary/aromatic N) is 3. The van der Waals surface area contributed by atoms with Gasteiger partial charge in [-0.05, 0) is 25.1 Å². The van der Waals surface area contributed by atoms with E-state index in [2.05, 4.69) is 20.4 Å². The van der Waals surface area contributed by atoms with Crippen molar-refractivity contribution in [3.63, 3.8) is 0 Å². The van der Waals surface area contributed by atoms with Crippen molar-refractivity contribution in [2.45, 2.75) is 13.5 Å². The zero-order valence-corrected chi connectivity index (χ0v) is 16.9. The van der Waals surface area contributed by atoms with Gasteiger partial charge in [-0.25, -0.2) is 4.39 Å². The van der Waals surface area contributed by atoms with Crippen molar-refractivity contribution in [2.24, 2.45) is 0 Å². The zero-order valence-electron chi connectivity index (χ0n) is 16.9. The number of para-hydroxylation sites is 1. The minimum Gasteiger partial charge on any atom is -0.496 e. The van der Waals surface area contributed by atoms with E-state index in [-0.39, 0.29) is 30.7 Å². The average Bonchev–Trinajstić information content (AvgIpc) is 3.20. The number of rotatable bonds is 7. The highest BCUT2D eigenvalue weighted by atomic mass is 19.1. The van der Waals surface area contributed by atoms with E-state index < -0.39 is 5.82 Å². The first-order valence-electron chi connectivity index (χ1n) is 9.46. The topological polar surface area (TPSA) is 99.4 Å². The molecule has 31 heavy (non-hydrogen) atoms. The van der Waals surface area contributed by atoms with E-state index in [9.17, 15) is 9.18 Å². The van der Waals surface area contributed by atoms with Crippen molar-refractivity contribution in [3.05, 3.63) is 65.7 Å². The normalized spacial score (nSPS) is 10.8. The number of carbonyl (C=O) groups is 1. The molecule has 9 heteroatoms. The molecule has 2 aromatic carbocycles. The highest BCUT2D eigenvalue weighted by Crippen LogP contribution is 2.33. The number of fused-ring (bicyclic) bond motifs is 1. The molecule has 0 saturated heterocycles. The molecule has 0 radical (unpaired) electrons. The summed E-state index contributed by atoms with van der Waals surface area (Å²) in [5.41, 5.74) is 1.85.